The van der Waals surface area contributed by atoms with Gasteiger partial charge in [0.25, 0.3) is 5.91 Å². The Kier molecular flexibility index (Phi) is 4.57. The van der Waals surface area contributed by atoms with E-state index in [4.69, 9.17) is 14.2 Å². The Morgan fingerprint density at radius 3 is 2.14 bits per heavy atom. The third-order valence-electron chi connectivity index (χ3n) is 3.94. The van der Waals surface area contributed by atoms with Gasteiger partial charge in [-0.25, -0.2) is 0 Å². The van der Waals surface area contributed by atoms with Gasteiger partial charge in [0.15, 0.2) is 11.5 Å². The lowest BCUT2D eigenvalue weighted by atomic mass is 9.77. The lowest BCUT2D eigenvalue weighted by Gasteiger charge is -2.41. The highest BCUT2D eigenvalue weighted by molar-refractivity contribution is 5.98. The minimum Gasteiger partial charge on any atom is -0.496 e. The van der Waals surface area contributed by atoms with Gasteiger partial charge in [-0.2, -0.15) is 0 Å². The van der Waals surface area contributed by atoms with Crippen molar-refractivity contribution in [3.05, 3.63) is 17.7 Å². The summed E-state index contributed by atoms with van der Waals surface area (Å²) < 4.78 is 15.7. The number of benzene rings is 1. The third kappa shape index (κ3) is 2.90. The van der Waals surface area contributed by atoms with E-state index in [2.05, 4.69) is 5.32 Å². The van der Waals surface area contributed by atoms with Gasteiger partial charge in [-0.15, -0.1) is 0 Å². The molecule has 21 heavy (non-hydrogen) atoms. The maximum Gasteiger partial charge on any atom is 0.255 e. The summed E-state index contributed by atoms with van der Waals surface area (Å²) in [5.41, 5.74) is -0.148. The van der Waals surface area contributed by atoms with Gasteiger partial charge in [0, 0.05) is 12.1 Å². The van der Waals surface area contributed by atoms with E-state index in [1.807, 2.05) is 0 Å². The molecule has 6 heteroatoms. The molecule has 2 N–H and O–H groups in total. The normalized spacial score (nSPS) is 15.8. The largest absolute Gasteiger partial charge is 0.496 e. The topological polar surface area (TPSA) is 77.0 Å². The van der Waals surface area contributed by atoms with Crippen LogP contribution < -0.4 is 19.5 Å². The van der Waals surface area contributed by atoms with Crippen molar-refractivity contribution in [2.75, 3.05) is 27.9 Å². The van der Waals surface area contributed by atoms with Crippen molar-refractivity contribution in [2.45, 2.75) is 24.8 Å². The molecule has 0 aliphatic heterocycles. The van der Waals surface area contributed by atoms with E-state index in [0.717, 1.165) is 19.3 Å². The molecular formula is C15H21NO5. The zero-order valence-electron chi connectivity index (χ0n) is 12.6. The number of methoxy groups -OCH3 is 3. The lowest BCUT2D eigenvalue weighted by molar-refractivity contribution is 0.0639. The number of hydrogen-bond donors (Lipinski definition) is 2. The summed E-state index contributed by atoms with van der Waals surface area (Å²) in [5, 5.41) is 12.3. The van der Waals surface area contributed by atoms with E-state index in [1.165, 1.54) is 21.3 Å². The highest BCUT2D eigenvalue weighted by Gasteiger charge is 2.38. The fraction of sp³-hybridized carbons (Fsp3) is 0.533. The fourth-order valence-corrected chi connectivity index (χ4v) is 2.44. The Labute approximate surface area is 124 Å². The van der Waals surface area contributed by atoms with E-state index < -0.39 is 5.54 Å². The summed E-state index contributed by atoms with van der Waals surface area (Å²) in [4.78, 5) is 12.5. The maximum atomic E-state index is 12.5. The molecule has 1 saturated carbocycles. The summed E-state index contributed by atoms with van der Waals surface area (Å²) in [6, 6.07) is 3.19. The lowest BCUT2D eigenvalue weighted by Crippen LogP contribution is -2.56. The Balaban J connectivity index is 2.31. The van der Waals surface area contributed by atoms with Crippen molar-refractivity contribution < 1.29 is 24.1 Å². The molecule has 0 saturated heterocycles. The first-order valence-corrected chi connectivity index (χ1v) is 6.82. The smallest absolute Gasteiger partial charge is 0.255 e. The zero-order valence-corrected chi connectivity index (χ0v) is 12.6. The van der Waals surface area contributed by atoms with Gasteiger partial charge >= 0.3 is 0 Å². The van der Waals surface area contributed by atoms with Crippen LogP contribution in [0.2, 0.25) is 0 Å². The number of aliphatic hydroxyl groups is 1. The van der Waals surface area contributed by atoms with Crippen LogP contribution in [-0.2, 0) is 0 Å². The second kappa shape index (κ2) is 6.22. The Bertz CT molecular complexity index is 520. The average Bonchev–Trinajstić information content (AvgIpc) is 2.49. The van der Waals surface area contributed by atoms with Crippen molar-refractivity contribution >= 4 is 5.91 Å². The van der Waals surface area contributed by atoms with Crippen molar-refractivity contribution in [3.63, 3.8) is 0 Å². The molecule has 6 nitrogen and oxygen atoms in total. The fourth-order valence-electron chi connectivity index (χ4n) is 2.44. The number of carbonyl (C=O) groups is 1. The second-order valence-corrected chi connectivity index (χ2v) is 5.15. The number of rotatable bonds is 6. The van der Waals surface area contributed by atoms with Crippen LogP contribution in [0.1, 0.15) is 29.6 Å². The van der Waals surface area contributed by atoms with E-state index >= 15 is 0 Å². The minimum atomic E-state index is -0.505. The molecule has 1 aromatic rings. The Morgan fingerprint density at radius 2 is 1.71 bits per heavy atom. The molecule has 1 fully saturated rings. The summed E-state index contributed by atoms with van der Waals surface area (Å²) >= 11 is 0. The molecule has 0 bridgehead atoms. The third-order valence-corrected chi connectivity index (χ3v) is 3.94. The van der Waals surface area contributed by atoms with Crippen molar-refractivity contribution in [1.82, 2.24) is 5.32 Å². The van der Waals surface area contributed by atoms with Crippen molar-refractivity contribution in [2.24, 2.45) is 0 Å². The van der Waals surface area contributed by atoms with E-state index in [-0.39, 0.29) is 12.5 Å². The predicted molar refractivity (Wildman–Crippen MR) is 77.2 cm³/mol. The zero-order chi connectivity index (χ0) is 15.5. The highest BCUT2D eigenvalue weighted by Crippen LogP contribution is 2.36. The highest BCUT2D eigenvalue weighted by atomic mass is 16.5. The van der Waals surface area contributed by atoms with E-state index in [0.29, 0.717) is 22.8 Å². The van der Waals surface area contributed by atoms with Crippen LogP contribution in [0.15, 0.2) is 12.1 Å². The number of nitrogens with one attached hydrogen (secondary N) is 1. The van der Waals surface area contributed by atoms with Crippen LogP contribution in [-0.4, -0.2) is 44.5 Å². The SMILES string of the molecule is COc1cc(OC)c(C(=O)NC2(CO)CCC2)cc1OC. The molecule has 1 amide bonds. The molecule has 116 valence electrons. The summed E-state index contributed by atoms with van der Waals surface area (Å²) in [6.07, 6.45) is 2.57. The van der Waals surface area contributed by atoms with Gasteiger partial charge in [-0.1, -0.05) is 0 Å². The molecule has 1 aromatic carbocycles. The standard InChI is InChI=1S/C15H21NO5/c1-19-11-8-13(21-3)12(20-2)7-10(11)14(18)16-15(9-17)5-4-6-15/h7-8,17H,4-6,9H2,1-3H3,(H,16,18). The first kappa shape index (κ1) is 15.4. The Morgan fingerprint density at radius 1 is 1.14 bits per heavy atom. The summed E-state index contributed by atoms with van der Waals surface area (Å²) in [6.45, 7) is -0.0612. The van der Waals surface area contributed by atoms with Crippen molar-refractivity contribution in [1.29, 1.82) is 0 Å². The molecule has 0 atom stereocenters. The molecule has 1 aliphatic rings. The first-order valence-electron chi connectivity index (χ1n) is 6.82. The number of amides is 1. The average molecular weight is 295 g/mol. The number of aliphatic hydroxyl groups excluding tert-OH is 1. The number of hydrogen-bond acceptors (Lipinski definition) is 5. The van der Waals surface area contributed by atoms with Gasteiger partial charge in [0.05, 0.1) is 39.0 Å². The minimum absolute atomic E-state index is 0.0612. The van der Waals surface area contributed by atoms with E-state index in [1.54, 1.807) is 12.1 Å². The monoisotopic (exact) mass is 295 g/mol. The molecule has 1 aliphatic carbocycles. The van der Waals surface area contributed by atoms with Gasteiger partial charge < -0.3 is 24.6 Å². The summed E-state index contributed by atoms with van der Waals surface area (Å²) in [5.74, 6) is 1.06. The van der Waals surface area contributed by atoms with E-state index in [9.17, 15) is 9.90 Å². The first-order chi connectivity index (χ1) is 10.1. The molecular weight excluding hydrogens is 274 g/mol. The van der Waals surface area contributed by atoms with Gasteiger partial charge in [-0.05, 0) is 19.3 Å². The van der Waals surface area contributed by atoms with Gasteiger partial charge in [0.2, 0.25) is 0 Å². The van der Waals surface area contributed by atoms with Crippen LogP contribution >= 0.6 is 0 Å². The molecule has 0 aromatic heterocycles. The Hall–Kier alpha value is -1.95. The van der Waals surface area contributed by atoms with Crippen LogP contribution in [0.5, 0.6) is 17.2 Å². The second-order valence-electron chi connectivity index (χ2n) is 5.15. The molecule has 2 rings (SSSR count). The van der Waals surface area contributed by atoms with Crippen LogP contribution in [0, 0.1) is 0 Å². The van der Waals surface area contributed by atoms with Gasteiger partial charge in [-0.3, -0.25) is 4.79 Å². The number of carbonyl (C=O) groups excluding carboxylic acids is 1. The van der Waals surface area contributed by atoms with Crippen LogP contribution in [0.4, 0.5) is 0 Å². The maximum absolute atomic E-state index is 12.5. The molecule has 0 radical (unpaired) electrons. The van der Waals surface area contributed by atoms with Crippen molar-refractivity contribution in [3.8, 4) is 17.2 Å². The molecule has 0 spiro atoms. The quantitative estimate of drug-likeness (QED) is 0.828. The summed E-state index contributed by atoms with van der Waals surface area (Å²) in [7, 11) is 4.52. The predicted octanol–water partition coefficient (Wildman–Crippen LogP) is 1.36. The van der Waals surface area contributed by atoms with Crippen LogP contribution in [0.3, 0.4) is 0 Å². The molecule has 0 heterocycles. The number of ether oxygens (including phenoxy) is 3. The van der Waals surface area contributed by atoms with Crippen LogP contribution in [0.25, 0.3) is 0 Å². The molecule has 0 unspecified atom stereocenters. The van der Waals surface area contributed by atoms with Gasteiger partial charge in [0.1, 0.15) is 5.75 Å².